The molecule has 1 fully saturated rings. The van der Waals surface area contributed by atoms with E-state index in [9.17, 15) is 9.59 Å². The number of carbonyl (C=O) groups is 2. The molecule has 1 amide bonds. The molecule has 1 aromatic rings. The van der Waals surface area contributed by atoms with Crippen molar-refractivity contribution in [3.8, 4) is 0 Å². The van der Waals surface area contributed by atoms with Crippen molar-refractivity contribution in [3.05, 3.63) is 29.3 Å². The van der Waals surface area contributed by atoms with Crippen molar-refractivity contribution in [3.63, 3.8) is 0 Å². The highest BCUT2D eigenvalue weighted by atomic mass is 16.5. The number of rotatable bonds is 2. The van der Waals surface area contributed by atoms with E-state index in [4.69, 9.17) is 4.74 Å². The zero-order chi connectivity index (χ0) is 12.7. The second-order valence-electron chi connectivity index (χ2n) is 4.85. The lowest BCUT2D eigenvalue weighted by Gasteiger charge is -2.17. The van der Waals surface area contributed by atoms with Gasteiger partial charge in [0.25, 0.3) is 0 Å². The van der Waals surface area contributed by atoms with Gasteiger partial charge < -0.3 is 9.64 Å². The second kappa shape index (κ2) is 4.12. The molecule has 0 N–H and O–H groups in total. The van der Waals surface area contributed by atoms with Gasteiger partial charge >= 0.3 is 5.97 Å². The molecule has 0 bridgehead atoms. The quantitative estimate of drug-likeness (QED) is 0.746. The summed E-state index contributed by atoms with van der Waals surface area (Å²) in [4.78, 5) is 25.4. The summed E-state index contributed by atoms with van der Waals surface area (Å²) in [6.07, 6.45) is 2.86. The summed E-state index contributed by atoms with van der Waals surface area (Å²) in [5, 5.41) is 0. The van der Waals surface area contributed by atoms with E-state index < -0.39 is 0 Å². The summed E-state index contributed by atoms with van der Waals surface area (Å²) >= 11 is 0. The topological polar surface area (TPSA) is 46.6 Å². The summed E-state index contributed by atoms with van der Waals surface area (Å²) in [6.45, 7) is 0.731. The smallest absolute Gasteiger partial charge is 0.337 e. The van der Waals surface area contributed by atoms with Crippen molar-refractivity contribution in [2.45, 2.75) is 19.3 Å². The maximum absolute atomic E-state index is 12.1. The van der Waals surface area contributed by atoms with Crippen LogP contribution in [-0.2, 0) is 16.0 Å². The Morgan fingerprint density at radius 2 is 2.11 bits per heavy atom. The Hall–Kier alpha value is -1.84. The molecule has 18 heavy (non-hydrogen) atoms. The highest BCUT2D eigenvalue weighted by molar-refractivity contribution is 5.99. The first kappa shape index (κ1) is 11.3. The van der Waals surface area contributed by atoms with Gasteiger partial charge in [-0.3, -0.25) is 4.79 Å². The van der Waals surface area contributed by atoms with Gasteiger partial charge in [-0.1, -0.05) is 0 Å². The maximum atomic E-state index is 12.1. The second-order valence-corrected chi connectivity index (χ2v) is 4.85. The molecule has 0 aromatic heterocycles. The molecule has 4 heteroatoms. The van der Waals surface area contributed by atoms with Crippen LogP contribution in [0.15, 0.2) is 18.2 Å². The first-order valence-corrected chi connectivity index (χ1v) is 6.23. The fourth-order valence-electron chi connectivity index (χ4n) is 2.43. The Kier molecular flexibility index (Phi) is 2.58. The average Bonchev–Trinajstić information content (AvgIpc) is 3.16. The van der Waals surface area contributed by atoms with Crippen LogP contribution in [0, 0.1) is 5.92 Å². The molecule has 1 aromatic carbocycles. The SMILES string of the molecule is COC(=O)c1ccc2c(c1)CCN2C(=O)C1CC1. The van der Waals surface area contributed by atoms with Gasteiger partial charge in [-0.05, 0) is 43.0 Å². The van der Waals surface area contributed by atoms with Gasteiger partial charge in [0.2, 0.25) is 5.91 Å². The third-order valence-corrected chi connectivity index (χ3v) is 3.59. The minimum atomic E-state index is -0.329. The minimum Gasteiger partial charge on any atom is -0.465 e. The van der Waals surface area contributed by atoms with Crippen LogP contribution in [0.4, 0.5) is 5.69 Å². The number of esters is 1. The number of benzene rings is 1. The van der Waals surface area contributed by atoms with E-state index >= 15 is 0 Å². The van der Waals surface area contributed by atoms with E-state index in [-0.39, 0.29) is 17.8 Å². The normalized spacial score (nSPS) is 17.5. The standard InChI is InChI=1S/C14H15NO3/c1-18-14(17)11-4-5-12-10(8-11)6-7-15(12)13(16)9-2-3-9/h4-5,8-9H,2-3,6-7H2,1H3. The van der Waals surface area contributed by atoms with E-state index in [2.05, 4.69) is 0 Å². The number of anilines is 1. The van der Waals surface area contributed by atoms with Crippen molar-refractivity contribution >= 4 is 17.6 Å². The molecule has 94 valence electrons. The number of hydrogen-bond donors (Lipinski definition) is 0. The van der Waals surface area contributed by atoms with Crippen molar-refractivity contribution in [1.29, 1.82) is 0 Å². The number of amides is 1. The minimum absolute atomic E-state index is 0.233. The number of methoxy groups -OCH3 is 1. The first-order valence-electron chi connectivity index (χ1n) is 6.23. The van der Waals surface area contributed by atoms with E-state index in [1.165, 1.54) is 7.11 Å². The van der Waals surface area contributed by atoms with Gasteiger partial charge in [-0.25, -0.2) is 4.79 Å². The van der Waals surface area contributed by atoms with Gasteiger partial charge in [0.05, 0.1) is 12.7 Å². The molecule has 0 atom stereocenters. The van der Waals surface area contributed by atoms with Crippen LogP contribution >= 0.6 is 0 Å². The van der Waals surface area contributed by atoms with Crippen LogP contribution in [0.1, 0.15) is 28.8 Å². The van der Waals surface area contributed by atoms with Crippen LogP contribution in [0.2, 0.25) is 0 Å². The van der Waals surface area contributed by atoms with E-state index in [0.29, 0.717) is 5.56 Å². The van der Waals surface area contributed by atoms with Gasteiger partial charge in [0.15, 0.2) is 0 Å². The average molecular weight is 245 g/mol. The van der Waals surface area contributed by atoms with Crippen LogP contribution in [0.5, 0.6) is 0 Å². The molecular formula is C14H15NO3. The van der Waals surface area contributed by atoms with Crippen LogP contribution in [0.25, 0.3) is 0 Å². The number of hydrogen-bond acceptors (Lipinski definition) is 3. The molecule has 0 unspecified atom stereocenters. The third kappa shape index (κ3) is 1.78. The number of nitrogens with zero attached hydrogens (tertiary/aromatic N) is 1. The molecule has 1 aliphatic carbocycles. The third-order valence-electron chi connectivity index (χ3n) is 3.59. The lowest BCUT2D eigenvalue weighted by Crippen LogP contribution is -2.30. The molecule has 0 saturated heterocycles. The molecule has 1 heterocycles. The Labute approximate surface area is 106 Å². The largest absolute Gasteiger partial charge is 0.465 e. The number of fused-ring (bicyclic) bond motifs is 1. The van der Waals surface area contributed by atoms with E-state index in [0.717, 1.165) is 37.1 Å². The van der Waals surface area contributed by atoms with E-state index in [1.54, 1.807) is 6.07 Å². The highest BCUT2D eigenvalue weighted by Gasteiger charge is 2.36. The summed E-state index contributed by atoms with van der Waals surface area (Å²) < 4.78 is 4.70. The lowest BCUT2D eigenvalue weighted by molar-refractivity contribution is -0.119. The Balaban J connectivity index is 1.88. The summed E-state index contributed by atoms with van der Waals surface area (Å²) in [5.41, 5.74) is 2.57. The monoisotopic (exact) mass is 245 g/mol. The zero-order valence-electron chi connectivity index (χ0n) is 10.3. The summed E-state index contributed by atoms with van der Waals surface area (Å²) in [7, 11) is 1.37. The van der Waals surface area contributed by atoms with Gasteiger partial charge in [-0.2, -0.15) is 0 Å². The maximum Gasteiger partial charge on any atom is 0.337 e. The molecule has 2 aliphatic rings. The Morgan fingerprint density at radius 1 is 1.33 bits per heavy atom. The molecular weight excluding hydrogens is 230 g/mol. The fraction of sp³-hybridized carbons (Fsp3) is 0.429. The molecule has 4 nitrogen and oxygen atoms in total. The molecule has 1 aliphatic heterocycles. The zero-order valence-corrected chi connectivity index (χ0v) is 10.3. The van der Waals surface area contributed by atoms with Crippen LogP contribution in [-0.4, -0.2) is 25.5 Å². The number of carbonyl (C=O) groups excluding carboxylic acids is 2. The first-order chi connectivity index (χ1) is 8.70. The van der Waals surface area contributed by atoms with Gasteiger partial charge in [-0.15, -0.1) is 0 Å². The van der Waals surface area contributed by atoms with Gasteiger partial charge in [0, 0.05) is 18.2 Å². The van der Waals surface area contributed by atoms with Crippen molar-refractivity contribution < 1.29 is 14.3 Å². The Morgan fingerprint density at radius 3 is 2.78 bits per heavy atom. The fourth-order valence-corrected chi connectivity index (χ4v) is 2.43. The molecule has 0 radical (unpaired) electrons. The predicted molar refractivity (Wildman–Crippen MR) is 66.6 cm³/mol. The Bertz CT molecular complexity index is 520. The lowest BCUT2D eigenvalue weighted by atomic mass is 10.1. The molecule has 3 rings (SSSR count). The molecule has 1 saturated carbocycles. The van der Waals surface area contributed by atoms with Crippen molar-refractivity contribution in [2.24, 2.45) is 5.92 Å². The van der Waals surface area contributed by atoms with Crippen molar-refractivity contribution in [1.82, 2.24) is 0 Å². The number of ether oxygens (including phenoxy) is 1. The van der Waals surface area contributed by atoms with E-state index in [1.807, 2.05) is 17.0 Å². The summed E-state index contributed by atoms with van der Waals surface area (Å²) in [5.74, 6) is 0.139. The van der Waals surface area contributed by atoms with Crippen molar-refractivity contribution in [2.75, 3.05) is 18.6 Å². The van der Waals surface area contributed by atoms with Gasteiger partial charge in [0.1, 0.15) is 0 Å². The molecule has 0 spiro atoms. The van der Waals surface area contributed by atoms with Crippen LogP contribution in [0.3, 0.4) is 0 Å². The highest BCUT2D eigenvalue weighted by Crippen LogP contribution is 2.36. The summed E-state index contributed by atoms with van der Waals surface area (Å²) in [6, 6.07) is 5.42. The van der Waals surface area contributed by atoms with Crippen LogP contribution < -0.4 is 4.90 Å². The predicted octanol–water partition coefficient (Wildman–Crippen LogP) is 1.77.